The molecule has 0 unspecified atom stereocenters. The standard InChI is InChI=1S/C22H26O6/c1-14-18-7-6-16(13-23)19(24)21(18,8-9-22(14)27-10-11-28-22)17-5-3-4-15(12-17)20(25)26-2/h3-5,12-14,18,23H,6-11H2,1-2H3/b16-13-/t14-,18-,21+/m0/s1. The molecule has 0 bridgehead atoms. The molecule has 1 aliphatic heterocycles. The number of rotatable bonds is 2. The van der Waals surface area contributed by atoms with Crippen molar-refractivity contribution in [3.63, 3.8) is 0 Å². The highest BCUT2D eigenvalue weighted by molar-refractivity contribution is 6.05. The number of methoxy groups -OCH3 is 1. The van der Waals surface area contributed by atoms with E-state index in [1.54, 1.807) is 18.2 Å². The molecule has 0 radical (unpaired) electrons. The van der Waals surface area contributed by atoms with Crippen LogP contribution in [-0.2, 0) is 24.4 Å². The summed E-state index contributed by atoms with van der Waals surface area (Å²) in [6, 6.07) is 7.14. The average molecular weight is 386 g/mol. The molecule has 1 N–H and O–H groups in total. The van der Waals surface area contributed by atoms with Gasteiger partial charge in [0.25, 0.3) is 0 Å². The number of Topliss-reactive ketones (excluding diaryl/α,β-unsaturated/α-hetero) is 1. The Balaban J connectivity index is 1.84. The summed E-state index contributed by atoms with van der Waals surface area (Å²) in [6.45, 7) is 3.23. The molecule has 4 rings (SSSR count). The fraction of sp³-hybridized carbons (Fsp3) is 0.545. The van der Waals surface area contributed by atoms with Crippen molar-refractivity contribution in [3.05, 3.63) is 47.2 Å². The van der Waals surface area contributed by atoms with E-state index in [9.17, 15) is 14.7 Å². The van der Waals surface area contributed by atoms with Crippen molar-refractivity contribution in [2.24, 2.45) is 11.8 Å². The van der Waals surface area contributed by atoms with E-state index in [-0.39, 0.29) is 17.6 Å². The number of hydrogen-bond acceptors (Lipinski definition) is 6. The van der Waals surface area contributed by atoms with Crippen LogP contribution in [0.5, 0.6) is 0 Å². The van der Waals surface area contributed by atoms with Gasteiger partial charge in [0.15, 0.2) is 11.6 Å². The van der Waals surface area contributed by atoms with Crippen LogP contribution in [-0.4, -0.2) is 43.0 Å². The van der Waals surface area contributed by atoms with Gasteiger partial charge in [-0.1, -0.05) is 19.1 Å². The summed E-state index contributed by atoms with van der Waals surface area (Å²) >= 11 is 0. The Morgan fingerprint density at radius 1 is 1.29 bits per heavy atom. The van der Waals surface area contributed by atoms with Gasteiger partial charge in [0.05, 0.1) is 37.6 Å². The van der Waals surface area contributed by atoms with Gasteiger partial charge in [-0.05, 0) is 42.9 Å². The van der Waals surface area contributed by atoms with Gasteiger partial charge >= 0.3 is 5.97 Å². The molecule has 2 saturated carbocycles. The van der Waals surface area contributed by atoms with Gasteiger partial charge in [-0.25, -0.2) is 4.79 Å². The number of allylic oxidation sites excluding steroid dienone is 1. The highest BCUT2D eigenvalue weighted by Gasteiger charge is 2.61. The van der Waals surface area contributed by atoms with Crippen molar-refractivity contribution < 1.29 is 28.9 Å². The molecular formula is C22H26O6. The highest BCUT2D eigenvalue weighted by atomic mass is 16.7. The zero-order valence-electron chi connectivity index (χ0n) is 16.3. The lowest BCUT2D eigenvalue weighted by atomic mass is 9.51. The Morgan fingerprint density at radius 3 is 2.71 bits per heavy atom. The summed E-state index contributed by atoms with van der Waals surface area (Å²) in [4.78, 5) is 25.7. The number of fused-ring (bicyclic) bond motifs is 1. The smallest absolute Gasteiger partial charge is 0.337 e. The Labute approximate surface area is 164 Å². The maximum Gasteiger partial charge on any atom is 0.337 e. The quantitative estimate of drug-likeness (QED) is 0.477. The van der Waals surface area contributed by atoms with Crippen molar-refractivity contribution in [1.29, 1.82) is 0 Å². The van der Waals surface area contributed by atoms with Crippen LogP contribution in [0, 0.1) is 11.8 Å². The van der Waals surface area contributed by atoms with Crippen molar-refractivity contribution in [2.75, 3.05) is 20.3 Å². The monoisotopic (exact) mass is 386 g/mol. The third-order valence-corrected chi connectivity index (χ3v) is 6.95. The molecule has 6 nitrogen and oxygen atoms in total. The van der Waals surface area contributed by atoms with E-state index >= 15 is 0 Å². The fourth-order valence-electron chi connectivity index (χ4n) is 5.54. The molecule has 150 valence electrons. The molecular weight excluding hydrogens is 360 g/mol. The summed E-state index contributed by atoms with van der Waals surface area (Å²) < 4.78 is 16.9. The molecule has 28 heavy (non-hydrogen) atoms. The molecule has 0 amide bonds. The first-order valence-corrected chi connectivity index (χ1v) is 9.83. The van der Waals surface area contributed by atoms with Crippen molar-refractivity contribution in [3.8, 4) is 0 Å². The van der Waals surface area contributed by atoms with Crippen molar-refractivity contribution in [1.82, 2.24) is 0 Å². The Hall–Kier alpha value is -2.18. The minimum absolute atomic E-state index is 0.00901. The summed E-state index contributed by atoms with van der Waals surface area (Å²) in [5, 5.41) is 9.66. The Kier molecular flexibility index (Phi) is 4.79. The van der Waals surface area contributed by atoms with E-state index in [0.29, 0.717) is 43.6 Å². The predicted octanol–water partition coefficient (Wildman–Crippen LogP) is 3.31. The third-order valence-electron chi connectivity index (χ3n) is 6.95. The minimum Gasteiger partial charge on any atom is -0.515 e. The van der Waals surface area contributed by atoms with Gasteiger partial charge in [-0.3, -0.25) is 4.79 Å². The number of ether oxygens (including phenoxy) is 3. The minimum atomic E-state index is -0.809. The number of aliphatic hydroxyl groups is 1. The van der Waals surface area contributed by atoms with Gasteiger partial charge in [0.2, 0.25) is 0 Å². The zero-order valence-corrected chi connectivity index (χ0v) is 16.3. The number of benzene rings is 1. The van der Waals surface area contributed by atoms with Crippen LogP contribution in [0.2, 0.25) is 0 Å². The van der Waals surface area contributed by atoms with E-state index in [0.717, 1.165) is 18.2 Å². The number of hydrogen-bond donors (Lipinski definition) is 1. The molecule has 1 heterocycles. The zero-order chi connectivity index (χ0) is 19.9. The van der Waals surface area contributed by atoms with Crippen LogP contribution in [0.25, 0.3) is 0 Å². The average Bonchev–Trinajstić information content (AvgIpc) is 3.21. The van der Waals surface area contributed by atoms with Crippen LogP contribution < -0.4 is 0 Å². The van der Waals surface area contributed by atoms with Crippen LogP contribution in [0.3, 0.4) is 0 Å². The molecule has 1 spiro atoms. The second-order valence-electron chi connectivity index (χ2n) is 7.97. The molecule has 1 saturated heterocycles. The normalized spacial score (nSPS) is 33.1. The van der Waals surface area contributed by atoms with E-state index < -0.39 is 17.2 Å². The number of ketones is 1. The molecule has 0 aromatic heterocycles. The van der Waals surface area contributed by atoms with Gasteiger partial charge in [-0.15, -0.1) is 0 Å². The Morgan fingerprint density at radius 2 is 2.04 bits per heavy atom. The van der Waals surface area contributed by atoms with Crippen molar-refractivity contribution in [2.45, 2.75) is 43.8 Å². The van der Waals surface area contributed by atoms with Gasteiger partial charge in [-0.2, -0.15) is 0 Å². The van der Waals surface area contributed by atoms with Gasteiger partial charge < -0.3 is 19.3 Å². The Bertz CT molecular complexity index is 822. The third kappa shape index (κ3) is 2.62. The SMILES string of the molecule is COC(=O)c1cccc([C@]23CCC4(OCCO4)[C@@H](C)[C@@H]2CC/C(=C/O)C3=O)c1. The first-order valence-electron chi connectivity index (χ1n) is 9.83. The molecule has 1 aromatic carbocycles. The highest BCUT2D eigenvalue weighted by Crippen LogP contribution is 2.58. The summed E-state index contributed by atoms with van der Waals surface area (Å²) in [5.74, 6) is -1.14. The van der Waals surface area contributed by atoms with E-state index in [1.807, 2.05) is 6.07 Å². The molecule has 3 aliphatic rings. The maximum atomic E-state index is 13.6. The summed E-state index contributed by atoms with van der Waals surface area (Å²) in [7, 11) is 1.34. The molecule has 3 atom stereocenters. The van der Waals surface area contributed by atoms with Crippen molar-refractivity contribution >= 4 is 11.8 Å². The lowest BCUT2D eigenvalue weighted by Crippen LogP contribution is -2.59. The number of carbonyl (C=O) groups excluding carboxylic acids is 2. The summed E-state index contributed by atoms with van der Waals surface area (Å²) in [6.07, 6.45) is 3.36. The summed E-state index contributed by atoms with van der Waals surface area (Å²) in [5.41, 5.74) is 0.846. The number of carbonyl (C=O) groups is 2. The van der Waals surface area contributed by atoms with Gasteiger partial charge in [0, 0.05) is 17.9 Å². The molecule has 6 heteroatoms. The van der Waals surface area contributed by atoms with Crippen LogP contribution in [0.4, 0.5) is 0 Å². The van der Waals surface area contributed by atoms with E-state index in [2.05, 4.69) is 6.92 Å². The largest absolute Gasteiger partial charge is 0.515 e. The molecule has 3 fully saturated rings. The fourth-order valence-corrected chi connectivity index (χ4v) is 5.54. The second-order valence-corrected chi connectivity index (χ2v) is 7.97. The topological polar surface area (TPSA) is 82.1 Å². The number of aliphatic hydroxyl groups excluding tert-OH is 1. The predicted molar refractivity (Wildman–Crippen MR) is 101 cm³/mol. The maximum absolute atomic E-state index is 13.6. The van der Waals surface area contributed by atoms with Crippen LogP contribution >= 0.6 is 0 Å². The lowest BCUT2D eigenvalue weighted by molar-refractivity contribution is -0.234. The molecule has 1 aromatic rings. The first kappa shape index (κ1) is 19.2. The van der Waals surface area contributed by atoms with Crippen LogP contribution in [0.1, 0.15) is 48.5 Å². The second kappa shape index (κ2) is 7.01. The van der Waals surface area contributed by atoms with Gasteiger partial charge in [0.1, 0.15) is 0 Å². The first-order chi connectivity index (χ1) is 13.5. The molecule has 2 aliphatic carbocycles. The lowest BCUT2D eigenvalue weighted by Gasteiger charge is -2.55. The van der Waals surface area contributed by atoms with E-state index in [4.69, 9.17) is 14.2 Å². The number of esters is 1. The van der Waals surface area contributed by atoms with Crippen LogP contribution in [0.15, 0.2) is 36.1 Å². The van der Waals surface area contributed by atoms with E-state index in [1.165, 1.54) is 7.11 Å².